The number of ether oxygens (including phenoxy) is 1. The van der Waals surface area contributed by atoms with Crippen molar-refractivity contribution in [2.24, 2.45) is 16.8 Å². The molecular weight excluding hydrogens is 250 g/mol. The van der Waals surface area contributed by atoms with Crippen molar-refractivity contribution in [3.63, 3.8) is 0 Å². The van der Waals surface area contributed by atoms with Gasteiger partial charge in [0.15, 0.2) is 5.96 Å². The Morgan fingerprint density at radius 1 is 1.40 bits per heavy atom. The van der Waals surface area contributed by atoms with Gasteiger partial charge in [-0.1, -0.05) is 26.7 Å². The number of aliphatic imine (C=N–C) groups is 1. The van der Waals surface area contributed by atoms with Crippen LogP contribution >= 0.6 is 0 Å². The molecule has 1 saturated heterocycles. The lowest BCUT2D eigenvalue weighted by Crippen LogP contribution is -2.41. The normalized spacial score (nSPS) is 19.6. The number of unbranched alkanes of at least 4 members (excludes halogenated alkanes) is 1. The minimum Gasteiger partial charge on any atom is -0.381 e. The van der Waals surface area contributed by atoms with Gasteiger partial charge in [0.05, 0.1) is 6.61 Å². The second kappa shape index (κ2) is 10.0. The second-order valence-corrected chi connectivity index (χ2v) is 6.24. The van der Waals surface area contributed by atoms with Crippen molar-refractivity contribution >= 4 is 5.96 Å². The zero-order valence-corrected chi connectivity index (χ0v) is 13.8. The minimum absolute atomic E-state index is 0.657. The Morgan fingerprint density at radius 2 is 2.20 bits per heavy atom. The molecule has 1 fully saturated rings. The molecule has 0 aliphatic carbocycles. The molecule has 1 heterocycles. The van der Waals surface area contributed by atoms with E-state index in [4.69, 9.17) is 9.73 Å². The van der Waals surface area contributed by atoms with Crippen molar-refractivity contribution in [1.82, 2.24) is 10.2 Å². The van der Waals surface area contributed by atoms with E-state index in [2.05, 4.69) is 38.0 Å². The topological polar surface area (TPSA) is 36.9 Å². The van der Waals surface area contributed by atoms with Gasteiger partial charge < -0.3 is 15.0 Å². The Labute approximate surface area is 125 Å². The van der Waals surface area contributed by atoms with E-state index >= 15 is 0 Å². The molecule has 0 bridgehead atoms. The van der Waals surface area contributed by atoms with Gasteiger partial charge in [0.25, 0.3) is 0 Å². The highest BCUT2D eigenvalue weighted by molar-refractivity contribution is 5.79. The second-order valence-electron chi connectivity index (χ2n) is 6.24. The average Bonchev–Trinajstić information content (AvgIpc) is 2.89. The van der Waals surface area contributed by atoms with Crippen molar-refractivity contribution in [3.05, 3.63) is 0 Å². The van der Waals surface area contributed by atoms with Gasteiger partial charge in [-0.15, -0.1) is 0 Å². The van der Waals surface area contributed by atoms with E-state index in [-0.39, 0.29) is 0 Å². The lowest BCUT2D eigenvalue weighted by atomic mass is 10.1. The number of hydrogen-bond acceptors (Lipinski definition) is 2. The van der Waals surface area contributed by atoms with E-state index in [1.54, 1.807) is 0 Å². The van der Waals surface area contributed by atoms with Crippen LogP contribution < -0.4 is 5.32 Å². The molecule has 1 unspecified atom stereocenters. The van der Waals surface area contributed by atoms with Crippen molar-refractivity contribution in [1.29, 1.82) is 0 Å². The largest absolute Gasteiger partial charge is 0.381 e. The van der Waals surface area contributed by atoms with Gasteiger partial charge in [-0.05, 0) is 25.7 Å². The minimum atomic E-state index is 0.657. The van der Waals surface area contributed by atoms with Crippen LogP contribution in [-0.4, -0.2) is 50.8 Å². The highest BCUT2D eigenvalue weighted by atomic mass is 16.5. The first-order chi connectivity index (χ1) is 9.63. The molecule has 0 aromatic heterocycles. The number of nitrogens with one attached hydrogen (secondary N) is 1. The van der Waals surface area contributed by atoms with Crippen molar-refractivity contribution in [2.75, 3.05) is 39.9 Å². The third-order valence-corrected chi connectivity index (χ3v) is 3.70. The van der Waals surface area contributed by atoms with Gasteiger partial charge in [-0.25, -0.2) is 0 Å². The Hall–Kier alpha value is -0.770. The molecule has 4 heteroatoms. The summed E-state index contributed by atoms with van der Waals surface area (Å²) in [4.78, 5) is 7.00. The highest BCUT2D eigenvalue weighted by Crippen LogP contribution is 2.13. The third-order valence-electron chi connectivity index (χ3n) is 3.70. The van der Waals surface area contributed by atoms with Crippen LogP contribution in [0.4, 0.5) is 0 Å². The summed E-state index contributed by atoms with van der Waals surface area (Å²) in [5, 5.41) is 3.39. The molecule has 0 aromatic rings. The molecule has 1 atom stereocenters. The van der Waals surface area contributed by atoms with E-state index in [1.165, 1.54) is 25.7 Å². The maximum Gasteiger partial charge on any atom is 0.193 e. The Morgan fingerprint density at radius 3 is 2.80 bits per heavy atom. The average molecular weight is 283 g/mol. The van der Waals surface area contributed by atoms with Crippen LogP contribution in [0.3, 0.4) is 0 Å². The maximum atomic E-state index is 5.45. The van der Waals surface area contributed by atoms with Crippen LogP contribution in [0.15, 0.2) is 4.99 Å². The first-order valence-corrected chi connectivity index (χ1v) is 8.20. The summed E-state index contributed by atoms with van der Waals surface area (Å²) < 4.78 is 5.45. The number of nitrogens with zero attached hydrogens (tertiary/aromatic N) is 2. The molecule has 0 spiro atoms. The van der Waals surface area contributed by atoms with Gasteiger partial charge in [-0.3, -0.25) is 4.99 Å². The molecule has 1 rings (SSSR count). The molecular formula is C16H33N3O. The predicted octanol–water partition coefficient (Wildman–Crippen LogP) is 2.75. The lowest BCUT2D eigenvalue weighted by molar-refractivity contribution is 0.181. The van der Waals surface area contributed by atoms with Crippen molar-refractivity contribution in [3.8, 4) is 0 Å². The summed E-state index contributed by atoms with van der Waals surface area (Å²) in [7, 11) is 2.13. The fourth-order valence-corrected chi connectivity index (χ4v) is 2.52. The van der Waals surface area contributed by atoms with E-state index < -0.39 is 0 Å². The van der Waals surface area contributed by atoms with Gasteiger partial charge in [0.2, 0.25) is 0 Å². The fourth-order valence-electron chi connectivity index (χ4n) is 2.52. The first-order valence-electron chi connectivity index (χ1n) is 8.20. The van der Waals surface area contributed by atoms with E-state index in [1.807, 2.05) is 0 Å². The molecule has 20 heavy (non-hydrogen) atoms. The molecule has 4 nitrogen and oxygen atoms in total. The first kappa shape index (κ1) is 17.3. The monoisotopic (exact) mass is 283 g/mol. The summed E-state index contributed by atoms with van der Waals surface area (Å²) in [5.74, 6) is 2.51. The summed E-state index contributed by atoms with van der Waals surface area (Å²) in [5.41, 5.74) is 0. The van der Waals surface area contributed by atoms with Crippen LogP contribution in [0.2, 0.25) is 0 Å². The Bertz CT molecular complexity index is 273. The van der Waals surface area contributed by atoms with Crippen LogP contribution in [-0.2, 0) is 4.74 Å². The smallest absolute Gasteiger partial charge is 0.193 e. The third kappa shape index (κ3) is 7.13. The summed E-state index contributed by atoms with van der Waals surface area (Å²) >= 11 is 0. The van der Waals surface area contributed by atoms with E-state index in [0.717, 1.165) is 44.7 Å². The fraction of sp³-hybridized carbons (Fsp3) is 0.938. The number of hydrogen-bond donors (Lipinski definition) is 1. The Balaban J connectivity index is 2.32. The molecule has 1 aliphatic heterocycles. The van der Waals surface area contributed by atoms with E-state index in [0.29, 0.717) is 5.92 Å². The Kier molecular flexibility index (Phi) is 8.67. The molecule has 0 amide bonds. The molecule has 0 aromatic carbocycles. The standard InChI is InChI=1S/C16H33N3O/c1-5-17-16(18-10-7-6-8-14(2)3)19(4)12-15-9-11-20-13-15/h14-15H,5-13H2,1-4H3,(H,17,18). The quantitative estimate of drug-likeness (QED) is 0.423. The van der Waals surface area contributed by atoms with Crippen LogP contribution in [0.5, 0.6) is 0 Å². The molecule has 118 valence electrons. The zero-order chi connectivity index (χ0) is 14.8. The van der Waals surface area contributed by atoms with Crippen LogP contribution in [0.25, 0.3) is 0 Å². The highest BCUT2D eigenvalue weighted by Gasteiger charge is 2.18. The van der Waals surface area contributed by atoms with Gasteiger partial charge >= 0.3 is 0 Å². The van der Waals surface area contributed by atoms with Gasteiger partial charge in [-0.2, -0.15) is 0 Å². The van der Waals surface area contributed by atoms with Crippen molar-refractivity contribution < 1.29 is 4.74 Å². The molecule has 1 aliphatic rings. The van der Waals surface area contributed by atoms with Gasteiger partial charge in [0.1, 0.15) is 0 Å². The van der Waals surface area contributed by atoms with Gasteiger partial charge in [0, 0.05) is 39.2 Å². The van der Waals surface area contributed by atoms with Crippen LogP contribution in [0.1, 0.15) is 46.5 Å². The SMILES string of the molecule is CCNC(=NCCCCC(C)C)N(C)CC1CCOC1. The predicted molar refractivity (Wildman–Crippen MR) is 86.2 cm³/mol. The summed E-state index contributed by atoms with van der Waals surface area (Å²) in [6.07, 6.45) is 4.95. The molecule has 0 radical (unpaired) electrons. The number of guanidine groups is 1. The maximum absolute atomic E-state index is 5.45. The van der Waals surface area contributed by atoms with Crippen molar-refractivity contribution in [2.45, 2.75) is 46.5 Å². The van der Waals surface area contributed by atoms with E-state index in [9.17, 15) is 0 Å². The number of rotatable bonds is 8. The summed E-state index contributed by atoms with van der Waals surface area (Å²) in [6, 6.07) is 0. The molecule has 0 saturated carbocycles. The summed E-state index contributed by atoms with van der Waals surface area (Å²) in [6.45, 7) is 11.4. The molecule has 1 N–H and O–H groups in total. The van der Waals surface area contributed by atoms with Crippen LogP contribution in [0, 0.1) is 11.8 Å². The lowest BCUT2D eigenvalue weighted by Gasteiger charge is -2.24. The zero-order valence-electron chi connectivity index (χ0n) is 13.8.